The molecule has 2 rings (SSSR count). The van der Waals surface area contributed by atoms with Gasteiger partial charge in [-0.3, -0.25) is 9.36 Å². The Bertz CT molecular complexity index is 945. The molecule has 0 bridgehead atoms. The SMILES string of the molecule is CCCCCC(=O)NC(CCc1ccccc1)P(=O)(O)CC(=O)[N+]1(C(=O)OC(C)(C)C)CCC[C@H]1C. The summed E-state index contributed by atoms with van der Waals surface area (Å²) in [7, 11) is -4.21. The zero-order valence-electron chi connectivity index (χ0n) is 22.5. The minimum absolute atomic E-state index is 0.215. The predicted octanol–water partition coefficient (Wildman–Crippen LogP) is 5.37. The number of likely N-dealkylation sites (tertiary alicyclic amines) is 1. The monoisotopic (exact) mass is 523 g/mol. The van der Waals surface area contributed by atoms with Crippen LogP contribution in [-0.2, 0) is 25.3 Å². The molecule has 1 aliphatic heterocycles. The van der Waals surface area contributed by atoms with Gasteiger partial charge in [0.2, 0.25) is 13.3 Å². The first-order valence-corrected chi connectivity index (χ1v) is 15.0. The van der Waals surface area contributed by atoms with Gasteiger partial charge in [0.1, 0.15) is 23.6 Å². The number of hydrogen-bond donors (Lipinski definition) is 2. The normalized spacial score (nSPS) is 22.4. The standard InChI is InChI=1S/C27H43N2O6P/c1-6-7-9-16-23(30)28-24(18-17-22-14-10-8-11-15-22)36(33,34)20-25(31)29(19-12-13-21(29)2)26(32)35-27(3,4)5/h8,10-11,14-15,21,24H,6-7,9,12-13,16-20H2,1-5H3,(H-,28,30,33,34)/p+1/t21-,24?,29?/m1/s1. The molecule has 3 unspecified atom stereocenters. The Kier molecular flexibility index (Phi) is 10.9. The van der Waals surface area contributed by atoms with E-state index in [4.69, 9.17) is 4.74 Å². The van der Waals surface area contributed by atoms with Gasteiger partial charge in [0.15, 0.2) is 0 Å². The summed E-state index contributed by atoms with van der Waals surface area (Å²) < 4.78 is 18.7. The van der Waals surface area contributed by atoms with Gasteiger partial charge < -0.3 is 14.9 Å². The molecule has 1 aromatic carbocycles. The number of rotatable bonds is 11. The van der Waals surface area contributed by atoms with E-state index in [0.717, 1.165) is 18.4 Å². The van der Waals surface area contributed by atoms with Gasteiger partial charge in [-0.25, -0.2) is 4.79 Å². The number of hydrogen-bond acceptors (Lipinski definition) is 5. The van der Waals surface area contributed by atoms with Crippen LogP contribution in [0.1, 0.15) is 85.1 Å². The van der Waals surface area contributed by atoms with E-state index in [1.165, 1.54) is 0 Å². The van der Waals surface area contributed by atoms with E-state index in [1.807, 2.05) is 37.3 Å². The van der Waals surface area contributed by atoms with Crippen LogP contribution in [0, 0.1) is 0 Å². The molecule has 0 aliphatic carbocycles. The lowest BCUT2D eigenvalue weighted by molar-refractivity contribution is -0.792. The van der Waals surface area contributed by atoms with Crippen molar-refractivity contribution in [3.63, 3.8) is 0 Å². The molecular weight excluding hydrogens is 479 g/mol. The quantitative estimate of drug-likeness (QED) is 0.229. The van der Waals surface area contributed by atoms with Crippen LogP contribution >= 0.6 is 7.37 Å². The van der Waals surface area contributed by atoms with Crippen LogP contribution in [0.25, 0.3) is 0 Å². The van der Waals surface area contributed by atoms with Crippen molar-refractivity contribution in [2.24, 2.45) is 0 Å². The number of ether oxygens (including phenoxy) is 1. The molecule has 1 fully saturated rings. The van der Waals surface area contributed by atoms with Gasteiger partial charge in [0.05, 0.1) is 6.54 Å². The lowest BCUT2D eigenvalue weighted by Crippen LogP contribution is -2.61. The second-order valence-electron chi connectivity index (χ2n) is 10.9. The molecular formula is C27H44N2O6P+. The third-order valence-electron chi connectivity index (χ3n) is 6.78. The first-order valence-electron chi connectivity index (χ1n) is 13.1. The van der Waals surface area contributed by atoms with Crippen LogP contribution in [0.4, 0.5) is 4.79 Å². The Morgan fingerprint density at radius 1 is 1.19 bits per heavy atom. The fourth-order valence-corrected chi connectivity index (χ4v) is 6.45. The summed E-state index contributed by atoms with van der Waals surface area (Å²) in [4.78, 5) is 50.6. The van der Waals surface area contributed by atoms with E-state index < -0.39 is 41.4 Å². The highest BCUT2D eigenvalue weighted by molar-refractivity contribution is 7.59. The number of benzene rings is 1. The molecule has 0 aromatic heterocycles. The molecule has 202 valence electrons. The average Bonchev–Trinajstić information content (AvgIpc) is 3.18. The first kappa shape index (κ1) is 30.2. The number of amides is 3. The maximum Gasteiger partial charge on any atom is 0.524 e. The molecule has 0 saturated carbocycles. The maximum atomic E-state index is 13.7. The average molecular weight is 524 g/mol. The summed E-state index contributed by atoms with van der Waals surface area (Å²) in [6.45, 7) is 9.29. The molecule has 1 heterocycles. The van der Waals surface area contributed by atoms with E-state index in [-0.39, 0.29) is 31.3 Å². The van der Waals surface area contributed by atoms with Gasteiger partial charge in [-0.05, 0) is 52.5 Å². The molecule has 8 nitrogen and oxygen atoms in total. The number of nitrogens with one attached hydrogen (secondary N) is 1. The zero-order chi connectivity index (χ0) is 27.0. The highest BCUT2D eigenvalue weighted by Crippen LogP contribution is 2.48. The van der Waals surface area contributed by atoms with Crippen molar-refractivity contribution >= 4 is 25.3 Å². The molecule has 3 amide bonds. The number of quaternary nitrogens is 1. The van der Waals surface area contributed by atoms with Crippen molar-refractivity contribution in [2.45, 2.75) is 103 Å². The maximum absolute atomic E-state index is 13.7. The summed E-state index contributed by atoms with van der Waals surface area (Å²) in [6.07, 6.45) is 3.42. The van der Waals surface area contributed by atoms with Crippen molar-refractivity contribution in [1.29, 1.82) is 0 Å². The Labute approximate surface area is 215 Å². The Hall–Kier alpha value is -2.02. The number of carbonyl (C=O) groups excluding carboxylic acids is 3. The van der Waals surface area contributed by atoms with Crippen molar-refractivity contribution in [3.8, 4) is 0 Å². The van der Waals surface area contributed by atoms with Gasteiger partial charge in [0.25, 0.3) is 0 Å². The van der Waals surface area contributed by atoms with E-state index in [0.29, 0.717) is 25.7 Å². The Balaban J connectivity index is 2.26. The summed E-state index contributed by atoms with van der Waals surface area (Å²) in [5, 5.41) is 2.75. The number of carbonyl (C=O) groups is 3. The number of imide groups is 1. The van der Waals surface area contributed by atoms with Crippen molar-refractivity contribution in [1.82, 2.24) is 5.32 Å². The van der Waals surface area contributed by atoms with Crippen LogP contribution in [0.3, 0.4) is 0 Å². The molecule has 0 spiro atoms. The molecule has 4 atom stereocenters. The summed E-state index contributed by atoms with van der Waals surface area (Å²) in [5.41, 5.74) is 0.179. The summed E-state index contributed by atoms with van der Waals surface area (Å²) in [6, 6.07) is 9.16. The van der Waals surface area contributed by atoms with Crippen molar-refractivity contribution < 1.29 is 33.1 Å². The van der Waals surface area contributed by atoms with Crippen LogP contribution in [0.5, 0.6) is 0 Å². The molecule has 1 aliphatic rings. The fourth-order valence-electron chi connectivity index (χ4n) is 4.71. The van der Waals surface area contributed by atoms with Crippen molar-refractivity contribution in [3.05, 3.63) is 35.9 Å². The molecule has 1 saturated heterocycles. The summed E-state index contributed by atoms with van der Waals surface area (Å²) in [5.74, 6) is -1.99. The van der Waals surface area contributed by atoms with Gasteiger partial charge in [0, 0.05) is 19.3 Å². The van der Waals surface area contributed by atoms with Crippen LogP contribution < -0.4 is 5.32 Å². The molecule has 0 radical (unpaired) electrons. The fraction of sp³-hybridized carbons (Fsp3) is 0.667. The minimum atomic E-state index is -4.21. The van der Waals surface area contributed by atoms with Crippen LogP contribution in [0.15, 0.2) is 30.3 Å². The van der Waals surface area contributed by atoms with Crippen molar-refractivity contribution in [2.75, 3.05) is 12.7 Å². The number of aryl methyl sites for hydroxylation is 1. The number of unbranched alkanes of at least 4 members (excludes halogenated alkanes) is 2. The summed E-state index contributed by atoms with van der Waals surface area (Å²) >= 11 is 0. The molecule has 1 aromatic rings. The topological polar surface area (TPSA) is 110 Å². The lowest BCUT2D eigenvalue weighted by Gasteiger charge is -2.35. The molecule has 2 N–H and O–H groups in total. The van der Waals surface area contributed by atoms with E-state index >= 15 is 0 Å². The van der Waals surface area contributed by atoms with E-state index in [1.54, 1.807) is 27.7 Å². The minimum Gasteiger partial charge on any atom is -0.414 e. The van der Waals surface area contributed by atoms with Gasteiger partial charge in [-0.15, -0.1) is 0 Å². The highest BCUT2D eigenvalue weighted by Gasteiger charge is 2.56. The van der Waals surface area contributed by atoms with Crippen LogP contribution in [0.2, 0.25) is 0 Å². The van der Waals surface area contributed by atoms with Gasteiger partial charge in [-0.1, -0.05) is 50.1 Å². The van der Waals surface area contributed by atoms with Gasteiger partial charge in [-0.2, -0.15) is 9.28 Å². The van der Waals surface area contributed by atoms with Crippen LogP contribution in [-0.4, -0.2) is 57.4 Å². The third-order valence-corrected chi connectivity index (χ3v) is 8.87. The predicted molar refractivity (Wildman–Crippen MR) is 141 cm³/mol. The first-order chi connectivity index (χ1) is 16.8. The Morgan fingerprint density at radius 3 is 2.42 bits per heavy atom. The van der Waals surface area contributed by atoms with E-state index in [9.17, 15) is 23.8 Å². The smallest absolute Gasteiger partial charge is 0.414 e. The molecule has 36 heavy (non-hydrogen) atoms. The molecule has 9 heteroatoms. The zero-order valence-corrected chi connectivity index (χ0v) is 23.4. The second kappa shape index (κ2) is 13.0. The lowest BCUT2D eigenvalue weighted by atomic mass is 10.1. The second-order valence-corrected chi connectivity index (χ2v) is 13.4. The largest absolute Gasteiger partial charge is 0.524 e. The highest BCUT2D eigenvalue weighted by atomic mass is 31.2. The number of nitrogens with zero attached hydrogens (tertiary/aromatic N) is 1. The van der Waals surface area contributed by atoms with Gasteiger partial charge >= 0.3 is 12.0 Å². The van der Waals surface area contributed by atoms with E-state index in [2.05, 4.69) is 5.32 Å². The Morgan fingerprint density at radius 2 is 1.86 bits per heavy atom. The third kappa shape index (κ3) is 8.25.